The number of hydrogen-bond acceptors (Lipinski definition) is 6. The minimum absolute atomic E-state index is 0. The molecule has 166 valence electrons. The first kappa shape index (κ1) is 26.1. The van der Waals surface area contributed by atoms with Gasteiger partial charge in [-0.2, -0.15) is 11.8 Å². The molecule has 0 atom stereocenters. The maximum atomic E-state index is 12.4. The number of rotatable bonds is 9. The molecule has 0 aromatic heterocycles. The topological polar surface area (TPSA) is 92.3 Å². The number of nitrogens with zero attached hydrogens (tertiary/aromatic N) is 2. The van der Waals surface area contributed by atoms with Crippen molar-refractivity contribution >= 4 is 51.7 Å². The number of aliphatic imine (C=N–C) groups is 1. The normalized spacial score (nSPS) is 15.3. The number of methoxy groups -OCH3 is 2. The Bertz CT molecular complexity index is 756. The fraction of sp³-hybridized carbons (Fsp3) is 0.611. The van der Waals surface area contributed by atoms with Gasteiger partial charge in [0.25, 0.3) is 0 Å². The molecule has 0 aliphatic carbocycles. The SMILES string of the molecule is CCNC(=NCc1ccc(OC)c(OC)c1)NCCS(=O)(=O)N1CCSCC1.I. The maximum absolute atomic E-state index is 12.4. The monoisotopic (exact) mass is 558 g/mol. The van der Waals surface area contributed by atoms with E-state index in [0.717, 1.165) is 17.1 Å². The van der Waals surface area contributed by atoms with Crippen molar-refractivity contribution < 1.29 is 17.9 Å². The van der Waals surface area contributed by atoms with E-state index < -0.39 is 10.0 Å². The van der Waals surface area contributed by atoms with Crippen LogP contribution in [0.4, 0.5) is 0 Å². The van der Waals surface area contributed by atoms with Gasteiger partial charge in [-0.05, 0) is 24.6 Å². The second kappa shape index (κ2) is 13.4. The second-order valence-electron chi connectivity index (χ2n) is 6.14. The summed E-state index contributed by atoms with van der Waals surface area (Å²) in [6.07, 6.45) is 0. The van der Waals surface area contributed by atoms with E-state index in [0.29, 0.717) is 50.2 Å². The third-order valence-corrected chi connectivity index (χ3v) is 7.04. The van der Waals surface area contributed by atoms with Crippen LogP contribution in [0.25, 0.3) is 0 Å². The Morgan fingerprint density at radius 3 is 2.48 bits per heavy atom. The lowest BCUT2D eigenvalue weighted by Gasteiger charge is -2.25. The second-order valence-corrected chi connectivity index (χ2v) is 9.45. The van der Waals surface area contributed by atoms with E-state index in [4.69, 9.17) is 9.47 Å². The summed E-state index contributed by atoms with van der Waals surface area (Å²) >= 11 is 1.79. The molecule has 1 aliphatic heterocycles. The molecule has 1 aromatic carbocycles. The first-order valence-electron chi connectivity index (χ1n) is 9.28. The number of sulfonamides is 1. The Labute approximate surface area is 195 Å². The Hall–Kier alpha value is -0.920. The third kappa shape index (κ3) is 8.38. The predicted octanol–water partition coefficient (Wildman–Crippen LogP) is 1.76. The summed E-state index contributed by atoms with van der Waals surface area (Å²) in [7, 11) is -0.0414. The van der Waals surface area contributed by atoms with Crippen molar-refractivity contribution in [3.63, 3.8) is 0 Å². The van der Waals surface area contributed by atoms with E-state index in [1.807, 2.05) is 25.1 Å². The van der Waals surface area contributed by atoms with Crippen LogP contribution >= 0.6 is 35.7 Å². The van der Waals surface area contributed by atoms with Crippen molar-refractivity contribution in [1.29, 1.82) is 0 Å². The molecule has 2 N–H and O–H groups in total. The summed E-state index contributed by atoms with van der Waals surface area (Å²) in [5.41, 5.74) is 0.966. The number of thioether (sulfide) groups is 1. The third-order valence-electron chi connectivity index (χ3n) is 4.23. The molecule has 0 saturated carbocycles. The van der Waals surface area contributed by atoms with E-state index in [1.54, 1.807) is 30.3 Å². The fourth-order valence-corrected chi connectivity index (χ4v) is 5.23. The Kier molecular flexibility index (Phi) is 12.1. The molecule has 1 aliphatic rings. The van der Waals surface area contributed by atoms with Crippen LogP contribution in [-0.4, -0.2) is 76.3 Å². The minimum Gasteiger partial charge on any atom is -0.493 e. The standard InChI is InChI=1S/C18H30N4O4S2.HI/c1-4-19-18(20-7-12-28(23,24)22-8-10-27-11-9-22)21-14-15-5-6-16(25-2)17(13-15)26-3;/h5-6,13H,4,7-12,14H2,1-3H3,(H2,19,20,21);1H. The van der Waals surface area contributed by atoms with Crippen molar-refractivity contribution in [2.75, 3.05) is 57.7 Å². The molecule has 1 saturated heterocycles. The lowest BCUT2D eigenvalue weighted by Crippen LogP contribution is -2.44. The molecule has 0 unspecified atom stereocenters. The van der Waals surface area contributed by atoms with Crippen molar-refractivity contribution in [2.24, 2.45) is 4.99 Å². The summed E-state index contributed by atoms with van der Waals surface area (Å²) in [5.74, 6) is 3.69. The highest BCUT2D eigenvalue weighted by molar-refractivity contribution is 14.0. The first-order valence-corrected chi connectivity index (χ1v) is 12.0. The molecule has 0 spiro atoms. The zero-order valence-electron chi connectivity index (χ0n) is 17.1. The van der Waals surface area contributed by atoms with Gasteiger partial charge in [0.2, 0.25) is 10.0 Å². The molecule has 1 heterocycles. The van der Waals surface area contributed by atoms with Crippen LogP contribution in [-0.2, 0) is 16.6 Å². The fourth-order valence-electron chi connectivity index (χ4n) is 2.74. The minimum atomic E-state index is -3.23. The molecule has 1 aromatic rings. The molecule has 0 bridgehead atoms. The highest BCUT2D eigenvalue weighted by atomic mass is 127. The number of guanidine groups is 1. The van der Waals surface area contributed by atoms with E-state index in [-0.39, 0.29) is 29.7 Å². The largest absolute Gasteiger partial charge is 0.493 e. The molecule has 29 heavy (non-hydrogen) atoms. The van der Waals surface area contributed by atoms with Gasteiger partial charge in [-0.15, -0.1) is 24.0 Å². The molecule has 0 radical (unpaired) electrons. The van der Waals surface area contributed by atoms with Crippen molar-refractivity contribution in [3.05, 3.63) is 23.8 Å². The summed E-state index contributed by atoms with van der Waals surface area (Å²) in [6.45, 7) is 4.60. The Morgan fingerprint density at radius 1 is 1.17 bits per heavy atom. The van der Waals surface area contributed by atoms with Gasteiger partial charge in [0.15, 0.2) is 17.5 Å². The van der Waals surface area contributed by atoms with Gasteiger partial charge >= 0.3 is 0 Å². The zero-order valence-corrected chi connectivity index (χ0v) is 21.1. The van der Waals surface area contributed by atoms with Gasteiger partial charge in [-0.1, -0.05) is 6.07 Å². The summed E-state index contributed by atoms with van der Waals surface area (Å²) < 4.78 is 37.0. The van der Waals surface area contributed by atoms with Gasteiger partial charge in [-0.3, -0.25) is 0 Å². The first-order chi connectivity index (χ1) is 13.5. The predicted molar refractivity (Wildman–Crippen MR) is 130 cm³/mol. The van der Waals surface area contributed by atoms with Gasteiger partial charge in [-0.25, -0.2) is 17.7 Å². The van der Waals surface area contributed by atoms with E-state index in [2.05, 4.69) is 15.6 Å². The number of benzene rings is 1. The van der Waals surface area contributed by atoms with Gasteiger partial charge < -0.3 is 20.1 Å². The Morgan fingerprint density at radius 2 is 1.86 bits per heavy atom. The molecule has 8 nitrogen and oxygen atoms in total. The average Bonchev–Trinajstić information content (AvgIpc) is 2.72. The summed E-state index contributed by atoms with van der Waals surface area (Å²) in [5, 5.41) is 6.25. The van der Waals surface area contributed by atoms with Crippen molar-refractivity contribution in [1.82, 2.24) is 14.9 Å². The van der Waals surface area contributed by atoms with E-state index >= 15 is 0 Å². The van der Waals surface area contributed by atoms with Crippen LogP contribution in [0.1, 0.15) is 12.5 Å². The molecular weight excluding hydrogens is 527 g/mol. The Balaban J connectivity index is 0.00000420. The van der Waals surface area contributed by atoms with Gasteiger partial charge in [0.05, 0.1) is 26.5 Å². The van der Waals surface area contributed by atoms with Crippen LogP contribution in [0.15, 0.2) is 23.2 Å². The lowest BCUT2D eigenvalue weighted by molar-refractivity contribution is 0.354. The van der Waals surface area contributed by atoms with E-state index in [9.17, 15) is 8.42 Å². The van der Waals surface area contributed by atoms with Crippen LogP contribution in [0.2, 0.25) is 0 Å². The van der Waals surface area contributed by atoms with Crippen LogP contribution in [0, 0.1) is 0 Å². The van der Waals surface area contributed by atoms with E-state index in [1.165, 1.54) is 0 Å². The highest BCUT2D eigenvalue weighted by Gasteiger charge is 2.23. The molecule has 0 amide bonds. The lowest BCUT2D eigenvalue weighted by atomic mass is 10.2. The zero-order chi connectivity index (χ0) is 20.4. The summed E-state index contributed by atoms with van der Waals surface area (Å²) in [4.78, 5) is 4.53. The molecule has 11 heteroatoms. The molecule has 1 fully saturated rings. The van der Waals surface area contributed by atoms with Crippen LogP contribution < -0.4 is 20.1 Å². The number of halogens is 1. The molecule has 2 rings (SSSR count). The maximum Gasteiger partial charge on any atom is 0.215 e. The number of ether oxygens (including phenoxy) is 2. The summed E-state index contributed by atoms with van der Waals surface area (Å²) in [6, 6.07) is 5.64. The van der Waals surface area contributed by atoms with Crippen molar-refractivity contribution in [2.45, 2.75) is 13.5 Å². The van der Waals surface area contributed by atoms with Crippen molar-refractivity contribution in [3.8, 4) is 11.5 Å². The average molecular weight is 559 g/mol. The highest BCUT2D eigenvalue weighted by Crippen LogP contribution is 2.27. The van der Waals surface area contributed by atoms with Crippen LogP contribution in [0.3, 0.4) is 0 Å². The number of nitrogens with one attached hydrogen (secondary N) is 2. The quantitative estimate of drug-likeness (QED) is 0.271. The van der Waals surface area contributed by atoms with Gasteiger partial charge in [0, 0.05) is 37.7 Å². The smallest absolute Gasteiger partial charge is 0.215 e. The molecular formula is C18H31IN4O4S2. The van der Waals surface area contributed by atoms with Crippen LogP contribution in [0.5, 0.6) is 11.5 Å². The van der Waals surface area contributed by atoms with Gasteiger partial charge in [0.1, 0.15) is 0 Å². The number of hydrogen-bond donors (Lipinski definition) is 2.